The molecule has 0 aliphatic heterocycles. The fourth-order valence-corrected chi connectivity index (χ4v) is 1.48. The summed E-state index contributed by atoms with van der Waals surface area (Å²) in [6.45, 7) is 3.65. The van der Waals surface area contributed by atoms with Crippen molar-refractivity contribution in [2.24, 2.45) is 5.92 Å². The molecule has 2 N–H and O–H groups in total. The summed E-state index contributed by atoms with van der Waals surface area (Å²) in [5.41, 5.74) is 1.97. The van der Waals surface area contributed by atoms with Gasteiger partial charge in [-0.25, -0.2) is 0 Å². The van der Waals surface area contributed by atoms with Crippen molar-refractivity contribution >= 4 is 34.6 Å². The zero-order valence-corrected chi connectivity index (χ0v) is 12.0. The Kier molecular flexibility index (Phi) is 5.09. The first-order valence-corrected chi connectivity index (χ1v) is 6.20. The van der Waals surface area contributed by atoms with Gasteiger partial charge >= 0.3 is 0 Å². The fraction of sp³-hybridized carbons (Fsp3) is 0.385. The number of carbonyl (C=O) groups excluding carboxylic acids is 1. The zero-order valence-electron chi connectivity index (χ0n) is 11.2. The lowest BCUT2D eigenvalue weighted by molar-refractivity contribution is -0.122. The third-order valence-corrected chi connectivity index (χ3v) is 2.61. The summed E-state index contributed by atoms with van der Waals surface area (Å²) in [6, 6.07) is 7.80. The molecule has 1 amide bonds. The molecule has 0 radical (unpaired) electrons. The maximum absolute atomic E-state index is 11.4. The molecular formula is C13H19N3OS. The van der Waals surface area contributed by atoms with Gasteiger partial charge < -0.3 is 15.5 Å². The molecule has 0 aromatic heterocycles. The van der Waals surface area contributed by atoms with Crippen LogP contribution in [0.4, 0.5) is 11.4 Å². The van der Waals surface area contributed by atoms with Crippen molar-refractivity contribution in [2.75, 3.05) is 24.3 Å². The van der Waals surface area contributed by atoms with Crippen molar-refractivity contribution in [1.82, 2.24) is 5.32 Å². The van der Waals surface area contributed by atoms with Crippen LogP contribution in [0.3, 0.4) is 0 Å². The lowest BCUT2D eigenvalue weighted by Crippen LogP contribution is -2.36. The summed E-state index contributed by atoms with van der Waals surface area (Å²) in [7, 11) is 3.96. The Balaban J connectivity index is 2.57. The summed E-state index contributed by atoms with van der Waals surface area (Å²) < 4.78 is 0. The second-order valence-corrected chi connectivity index (χ2v) is 4.95. The number of hydrogen-bond donors (Lipinski definition) is 2. The van der Waals surface area contributed by atoms with E-state index in [2.05, 4.69) is 10.6 Å². The highest BCUT2D eigenvalue weighted by molar-refractivity contribution is 7.80. The van der Waals surface area contributed by atoms with E-state index in [1.54, 1.807) is 0 Å². The van der Waals surface area contributed by atoms with Crippen LogP contribution in [0.2, 0.25) is 0 Å². The molecule has 0 spiro atoms. The highest BCUT2D eigenvalue weighted by Crippen LogP contribution is 2.15. The minimum absolute atomic E-state index is 0.0825. The number of carbonyl (C=O) groups is 1. The van der Waals surface area contributed by atoms with Crippen molar-refractivity contribution in [1.29, 1.82) is 0 Å². The van der Waals surface area contributed by atoms with Crippen molar-refractivity contribution < 1.29 is 4.79 Å². The Hall–Kier alpha value is -1.62. The van der Waals surface area contributed by atoms with Crippen molar-refractivity contribution in [3.63, 3.8) is 0 Å². The fourth-order valence-electron chi connectivity index (χ4n) is 1.26. The van der Waals surface area contributed by atoms with Crippen molar-refractivity contribution in [2.45, 2.75) is 13.8 Å². The normalized spacial score (nSPS) is 10.1. The molecule has 5 heteroatoms. The number of hydrogen-bond acceptors (Lipinski definition) is 3. The van der Waals surface area contributed by atoms with Crippen LogP contribution in [0.5, 0.6) is 0 Å². The first-order valence-electron chi connectivity index (χ1n) is 5.79. The van der Waals surface area contributed by atoms with Crippen LogP contribution in [0, 0.1) is 5.92 Å². The van der Waals surface area contributed by atoms with Crippen LogP contribution in [-0.2, 0) is 4.79 Å². The molecular weight excluding hydrogens is 246 g/mol. The number of benzene rings is 1. The number of rotatable bonds is 3. The Bertz CT molecular complexity index is 426. The van der Waals surface area contributed by atoms with Gasteiger partial charge in [-0.15, -0.1) is 0 Å². The van der Waals surface area contributed by atoms with E-state index in [1.165, 1.54) is 0 Å². The Morgan fingerprint density at radius 2 is 1.78 bits per heavy atom. The molecule has 0 heterocycles. The summed E-state index contributed by atoms with van der Waals surface area (Å²) in [4.78, 5) is 13.5. The SMILES string of the molecule is CC(C)C(=O)NC(=S)Nc1ccc(N(C)C)cc1. The third kappa shape index (κ3) is 4.33. The van der Waals surface area contributed by atoms with Gasteiger partial charge in [0.05, 0.1) is 0 Å². The summed E-state index contributed by atoms with van der Waals surface area (Å²) in [5, 5.41) is 5.94. The maximum atomic E-state index is 11.4. The molecule has 0 saturated heterocycles. The van der Waals surface area contributed by atoms with E-state index < -0.39 is 0 Å². The third-order valence-electron chi connectivity index (χ3n) is 2.40. The van der Waals surface area contributed by atoms with Crippen LogP contribution < -0.4 is 15.5 Å². The van der Waals surface area contributed by atoms with Gasteiger partial charge in [0.25, 0.3) is 0 Å². The molecule has 0 unspecified atom stereocenters. The molecule has 4 nitrogen and oxygen atoms in total. The first kappa shape index (κ1) is 14.4. The largest absolute Gasteiger partial charge is 0.378 e. The first-order chi connectivity index (χ1) is 8.40. The second kappa shape index (κ2) is 6.35. The highest BCUT2D eigenvalue weighted by Gasteiger charge is 2.08. The maximum Gasteiger partial charge on any atom is 0.228 e. The summed E-state index contributed by atoms with van der Waals surface area (Å²) in [6.07, 6.45) is 0. The van der Waals surface area contributed by atoms with E-state index in [0.29, 0.717) is 5.11 Å². The van der Waals surface area contributed by atoms with Gasteiger partial charge in [-0.1, -0.05) is 13.8 Å². The molecule has 1 aromatic rings. The van der Waals surface area contributed by atoms with Gasteiger partial charge in [0.2, 0.25) is 5.91 Å². The van der Waals surface area contributed by atoms with Crippen LogP contribution in [0.1, 0.15) is 13.8 Å². The molecule has 0 atom stereocenters. The van der Waals surface area contributed by atoms with E-state index in [4.69, 9.17) is 12.2 Å². The van der Waals surface area contributed by atoms with Crippen LogP contribution >= 0.6 is 12.2 Å². The van der Waals surface area contributed by atoms with Crippen LogP contribution in [0.15, 0.2) is 24.3 Å². The standard InChI is InChI=1S/C13H19N3OS/c1-9(2)12(17)15-13(18)14-10-5-7-11(8-6-10)16(3)4/h5-9H,1-4H3,(H2,14,15,17,18). The average Bonchev–Trinajstić information content (AvgIpc) is 2.29. The molecule has 0 bridgehead atoms. The minimum Gasteiger partial charge on any atom is -0.378 e. The van der Waals surface area contributed by atoms with Crippen molar-refractivity contribution in [3.8, 4) is 0 Å². The lowest BCUT2D eigenvalue weighted by atomic mass is 10.2. The van der Waals surface area contributed by atoms with Crippen LogP contribution in [0.25, 0.3) is 0 Å². The monoisotopic (exact) mass is 265 g/mol. The Morgan fingerprint density at radius 3 is 2.22 bits per heavy atom. The predicted octanol–water partition coefficient (Wildman–Crippen LogP) is 2.22. The molecule has 98 valence electrons. The van der Waals surface area contributed by atoms with Gasteiger partial charge in [0, 0.05) is 31.4 Å². The second-order valence-electron chi connectivity index (χ2n) is 4.54. The summed E-state index contributed by atoms with van der Waals surface area (Å²) in [5.74, 6) is -0.168. The predicted molar refractivity (Wildman–Crippen MR) is 80.0 cm³/mol. The number of nitrogens with one attached hydrogen (secondary N) is 2. The average molecular weight is 265 g/mol. The molecule has 1 rings (SSSR count). The Morgan fingerprint density at radius 1 is 1.22 bits per heavy atom. The number of thiocarbonyl (C=S) groups is 1. The van der Waals surface area contributed by atoms with E-state index >= 15 is 0 Å². The van der Waals surface area contributed by atoms with Crippen LogP contribution in [-0.4, -0.2) is 25.1 Å². The zero-order chi connectivity index (χ0) is 13.7. The summed E-state index contributed by atoms with van der Waals surface area (Å²) >= 11 is 5.06. The number of anilines is 2. The highest BCUT2D eigenvalue weighted by atomic mass is 32.1. The van der Waals surface area contributed by atoms with Gasteiger partial charge in [0.15, 0.2) is 5.11 Å². The molecule has 0 aliphatic rings. The van der Waals surface area contributed by atoms with Gasteiger partial charge in [-0.3, -0.25) is 4.79 Å². The molecule has 18 heavy (non-hydrogen) atoms. The Labute approximate surface area is 113 Å². The quantitative estimate of drug-likeness (QED) is 0.823. The lowest BCUT2D eigenvalue weighted by Gasteiger charge is -2.14. The minimum atomic E-state index is -0.0857. The molecule has 0 fully saturated rings. The van der Waals surface area contributed by atoms with Crippen molar-refractivity contribution in [3.05, 3.63) is 24.3 Å². The van der Waals surface area contributed by atoms with E-state index in [-0.39, 0.29) is 11.8 Å². The molecule has 0 saturated carbocycles. The number of nitrogens with zero attached hydrogens (tertiary/aromatic N) is 1. The topological polar surface area (TPSA) is 44.4 Å². The number of amides is 1. The van der Waals surface area contributed by atoms with Gasteiger partial charge in [-0.05, 0) is 36.5 Å². The van der Waals surface area contributed by atoms with E-state index in [0.717, 1.165) is 11.4 Å². The smallest absolute Gasteiger partial charge is 0.228 e. The van der Waals surface area contributed by atoms with E-state index in [9.17, 15) is 4.79 Å². The van der Waals surface area contributed by atoms with Gasteiger partial charge in [-0.2, -0.15) is 0 Å². The molecule has 1 aromatic carbocycles. The molecule has 0 aliphatic carbocycles. The van der Waals surface area contributed by atoms with Gasteiger partial charge in [0.1, 0.15) is 0 Å². The van der Waals surface area contributed by atoms with E-state index in [1.807, 2.05) is 57.1 Å².